The van der Waals surface area contributed by atoms with Crippen LogP contribution in [-0.2, 0) is 17.6 Å². The van der Waals surface area contributed by atoms with Crippen molar-refractivity contribution in [3.8, 4) is 0 Å². The van der Waals surface area contributed by atoms with Crippen LogP contribution < -0.4 is 5.32 Å². The maximum Gasteiger partial charge on any atom is 0.328 e. The van der Waals surface area contributed by atoms with Crippen LogP contribution in [0.2, 0.25) is 0 Å². The lowest BCUT2D eigenvalue weighted by Crippen LogP contribution is -2.47. The normalized spacial score (nSPS) is 17.7. The number of carboxylic acid groups (broad SMARTS) is 1. The second kappa shape index (κ2) is 6.37. The Morgan fingerprint density at radius 1 is 1.30 bits per heavy atom. The molecule has 0 aromatic carbocycles. The van der Waals surface area contributed by atoms with Gasteiger partial charge in [-0.25, -0.2) is 4.79 Å². The van der Waals surface area contributed by atoms with Crippen molar-refractivity contribution in [2.24, 2.45) is 0 Å². The maximum atomic E-state index is 12.1. The van der Waals surface area contributed by atoms with E-state index in [1.54, 1.807) is 0 Å². The van der Waals surface area contributed by atoms with E-state index >= 15 is 0 Å². The van der Waals surface area contributed by atoms with Crippen LogP contribution in [0, 0.1) is 0 Å². The predicted molar refractivity (Wildman–Crippen MR) is 76.1 cm³/mol. The van der Waals surface area contributed by atoms with Crippen molar-refractivity contribution in [3.63, 3.8) is 0 Å². The van der Waals surface area contributed by atoms with Crippen molar-refractivity contribution in [2.45, 2.75) is 51.2 Å². The summed E-state index contributed by atoms with van der Waals surface area (Å²) in [5, 5.41) is 20.7. The summed E-state index contributed by atoms with van der Waals surface area (Å²) in [7, 11) is 0. The van der Waals surface area contributed by atoms with Crippen molar-refractivity contribution in [2.75, 3.05) is 0 Å². The van der Waals surface area contributed by atoms with Gasteiger partial charge in [-0.15, -0.1) is 11.3 Å². The lowest BCUT2D eigenvalue weighted by atomic mass is 10.1. The molecule has 2 unspecified atom stereocenters. The van der Waals surface area contributed by atoms with Gasteiger partial charge in [-0.1, -0.05) is 6.42 Å². The van der Waals surface area contributed by atoms with Gasteiger partial charge >= 0.3 is 5.97 Å². The van der Waals surface area contributed by atoms with Gasteiger partial charge in [-0.2, -0.15) is 0 Å². The van der Waals surface area contributed by atoms with Crippen LogP contribution in [0.25, 0.3) is 0 Å². The van der Waals surface area contributed by atoms with Crippen LogP contribution in [-0.4, -0.2) is 34.2 Å². The highest BCUT2D eigenvalue weighted by Crippen LogP contribution is 2.29. The first-order valence-corrected chi connectivity index (χ1v) is 7.64. The number of carboxylic acids is 1. The van der Waals surface area contributed by atoms with Crippen LogP contribution >= 0.6 is 11.3 Å². The number of aryl methyl sites for hydroxylation is 2. The lowest BCUT2D eigenvalue weighted by molar-refractivity contribution is -0.141. The summed E-state index contributed by atoms with van der Waals surface area (Å²) in [4.78, 5) is 24.8. The van der Waals surface area contributed by atoms with Crippen LogP contribution in [0.4, 0.5) is 0 Å². The summed E-state index contributed by atoms with van der Waals surface area (Å²) < 4.78 is 0. The molecule has 1 aliphatic carbocycles. The Balaban J connectivity index is 2.11. The Hall–Kier alpha value is -1.40. The highest BCUT2D eigenvalue weighted by atomic mass is 32.1. The van der Waals surface area contributed by atoms with Gasteiger partial charge in [0.05, 0.1) is 11.0 Å². The van der Waals surface area contributed by atoms with E-state index in [4.69, 9.17) is 5.11 Å². The Morgan fingerprint density at radius 2 is 2.00 bits per heavy atom. The molecule has 1 heterocycles. The summed E-state index contributed by atoms with van der Waals surface area (Å²) in [6.07, 6.45) is 4.33. The van der Waals surface area contributed by atoms with Crippen molar-refractivity contribution in [1.29, 1.82) is 0 Å². The Labute approximate surface area is 121 Å². The fraction of sp³-hybridized carbons (Fsp3) is 0.571. The molecule has 0 spiro atoms. The summed E-state index contributed by atoms with van der Waals surface area (Å²) in [5.41, 5.74) is 1.21. The summed E-state index contributed by atoms with van der Waals surface area (Å²) in [6, 6.07) is 0.589. The number of aliphatic hydroxyl groups excluding tert-OH is 1. The molecule has 0 radical (unpaired) electrons. The molecule has 1 aliphatic rings. The SMILES string of the molecule is CC(O)C(NC(=O)c1cc2c(s1)CCCCC2)C(=O)O. The van der Waals surface area contributed by atoms with Gasteiger partial charge in [0.25, 0.3) is 5.91 Å². The van der Waals surface area contributed by atoms with Crippen LogP contribution in [0.5, 0.6) is 0 Å². The number of thiophene rings is 1. The molecular formula is C14H19NO4S. The number of amides is 1. The topological polar surface area (TPSA) is 86.6 Å². The minimum atomic E-state index is -1.27. The molecule has 0 aliphatic heterocycles. The van der Waals surface area contributed by atoms with E-state index in [0.717, 1.165) is 25.7 Å². The van der Waals surface area contributed by atoms with Crippen LogP contribution in [0.15, 0.2) is 6.07 Å². The first kappa shape index (κ1) is 15.0. The second-order valence-corrected chi connectivity index (χ2v) is 6.29. The minimum Gasteiger partial charge on any atom is -0.480 e. The summed E-state index contributed by atoms with van der Waals surface area (Å²) >= 11 is 1.44. The molecule has 0 saturated carbocycles. The van der Waals surface area contributed by atoms with Gasteiger partial charge in [0.2, 0.25) is 0 Å². The molecule has 1 aromatic rings. The molecule has 5 nitrogen and oxygen atoms in total. The smallest absolute Gasteiger partial charge is 0.328 e. The summed E-state index contributed by atoms with van der Waals surface area (Å²) in [6.45, 7) is 1.35. The van der Waals surface area contributed by atoms with Crippen molar-refractivity contribution < 1.29 is 19.8 Å². The maximum absolute atomic E-state index is 12.1. The van der Waals surface area contributed by atoms with Gasteiger partial charge < -0.3 is 15.5 Å². The third kappa shape index (κ3) is 3.37. The summed E-state index contributed by atoms with van der Waals surface area (Å²) in [5.74, 6) is -1.65. The predicted octanol–water partition coefficient (Wildman–Crippen LogP) is 1.58. The van der Waals surface area contributed by atoms with E-state index in [0.29, 0.717) is 4.88 Å². The third-order valence-corrected chi connectivity index (χ3v) is 4.74. The molecule has 2 atom stereocenters. The van der Waals surface area contributed by atoms with Gasteiger partial charge in [0.1, 0.15) is 0 Å². The first-order valence-electron chi connectivity index (χ1n) is 6.82. The number of carbonyl (C=O) groups excluding carboxylic acids is 1. The molecule has 0 fully saturated rings. The van der Waals surface area contributed by atoms with E-state index < -0.39 is 24.0 Å². The Bertz CT molecular complexity index is 486. The number of fused-ring (bicyclic) bond motifs is 1. The fourth-order valence-electron chi connectivity index (χ4n) is 2.38. The number of nitrogens with one attached hydrogen (secondary N) is 1. The number of carbonyl (C=O) groups is 2. The fourth-order valence-corrected chi connectivity index (χ4v) is 3.54. The lowest BCUT2D eigenvalue weighted by Gasteiger charge is -2.16. The van der Waals surface area contributed by atoms with Gasteiger partial charge in [-0.05, 0) is 44.2 Å². The highest BCUT2D eigenvalue weighted by molar-refractivity contribution is 7.14. The van der Waals surface area contributed by atoms with Gasteiger partial charge in [0, 0.05) is 4.88 Å². The zero-order valence-electron chi connectivity index (χ0n) is 11.4. The average Bonchev–Trinajstić information content (AvgIpc) is 2.66. The van der Waals surface area contributed by atoms with Crippen LogP contribution in [0.1, 0.15) is 46.3 Å². The average molecular weight is 297 g/mol. The van der Waals surface area contributed by atoms with E-state index in [-0.39, 0.29) is 0 Å². The first-order chi connectivity index (χ1) is 9.49. The number of hydrogen-bond donors (Lipinski definition) is 3. The van der Waals surface area contributed by atoms with Crippen molar-refractivity contribution in [3.05, 3.63) is 21.4 Å². The molecule has 0 saturated heterocycles. The zero-order valence-corrected chi connectivity index (χ0v) is 12.2. The molecule has 20 heavy (non-hydrogen) atoms. The van der Waals surface area contributed by atoms with Crippen molar-refractivity contribution >= 4 is 23.2 Å². The molecule has 110 valence electrons. The van der Waals surface area contributed by atoms with E-state index in [9.17, 15) is 14.7 Å². The third-order valence-electron chi connectivity index (χ3n) is 3.51. The number of rotatable bonds is 4. The molecule has 2 rings (SSSR count). The number of aliphatic carboxylic acids is 1. The molecule has 1 aromatic heterocycles. The standard InChI is InChI=1S/C14H19NO4S/c1-8(16)12(14(18)19)15-13(17)11-7-9-5-3-2-4-6-10(9)20-11/h7-8,12,16H,2-6H2,1H3,(H,15,17)(H,18,19). The van der Waals surface area contributed by atoms with E-state index in [2.05, 4.69) is 5.32 Å². The number of hydrogen-bond acceptors (Lipinski definition) is 4. The molecule has 3 N–H and O–H groups in total. The second-order valence-electron chi connectivity index (χ2n) is 5.15. The van der Waals surface area contributed by atoms with E-state index in [1.165, 1.54) is 35.1 Å². The molecule has 6 heteroatoms. The Kier molecular flexibility index (Phi) is 4.77. The molecule has 0 bridgehead atoms. The largest absolute Gasteiger partial charge is 0.480 e. The van der Waals surface area contributed by atoms with Gasteiger partial charge in [-0.3, -0.25) is 4.79 Å². The zero-order chi connectivity index (χ0) is 14.7. The quantitative estimate of drug-likeness (QED) is 0.736. The van der Waals surface area contributed by atoms with E-state index in [1.807, 2.05) is 6.07 Å². The highest BCUT2D eigenvalue weighted by Gasteiger charge is 2.26. The monoisotopic (exact) mass is 297 g/mol. The molecule has 1 amide bonds. The van der Waals surface area contributed by atoms with Gasteiger partial charge in [0.15, 0.2) is 6.04 Å². The molecular weight excluding hydrogens is 278 g/mol. The van der Waals surface area contributed by atoms with Crippen LogP contribution in [0.3, 0.4) is 0 Å². The Morgan fingerprint density at radius 3 is 2.65 bits per heavy atom. The minimum absolute atomic E-state index is 0.420. The van der Waals surface area contributed by atoms with Crippen molar-refractivity contribution in [1.82, 2.24) is 5.32 Å². The number of aliphatic hydroxyl groups is 1.